The molecule has 1 aromatic carbocycles. The molecule has 0 spiro atoms. The summed E-state index contributed by atoms with van der Waals surface area (Å²) < 4.78 is 1.11. The Kier molecular flexibility index (Phi) is 4.46. The average molecular weight is 309 g/mol. The van der Waals surface area contributed by atoms with Crippen molar-refractivity contribution in [2.24, 2.45) is 0 Å². The van der Waals surface area contributed by atoms with E-state index in [1.165, 1.54) is 29.7 Å². The van der Waals surface area contributed by atoms with Crippen molar-refractivity contribution in [3.8, 4) is 0 Å². The fourth-order valence-corrected chi connectivity index (χ4v) is 2.92. The molecule has 2 nitrogen and oxygen atoms in total. The topological polar surface area (TPSA) is 24.1 Å². The molecule has 18 heavy (non-hydrogen) atoms. The third-order valence-corrected chi connectivity index (χ3v) is 3.99. The lowest BCUT2D eigenvalue weighted by Crippen LogP contribution is -2.35. The van der Waals surface area contributed by atoms with Crippen LogP contribution in [0.15, 0.2) is 23.2 Å². The monoisotopic (exact) mass is 308 g/mol. The Morgan fingerprint density at radius 3 is 2.67 bits per heavy atom. The van der Waals surface area contributed by atoms with Crippen LogP contribution in [0.5, 0.6) is 0 Å². The lowest BCUT2D eigenvalue weighted by Gasteiger charge is -2.26. The van der Waals surface area contributed by atoms with Crippen LogP contribution >= 0.6 is 15.9 Å². The molecule has 0 unspecified atom stereocenters. The molecule has 0 aromatic heterocycles. The normalized spacial score (nSPS) is 16.6. The van der Waals surface area contributed by atoms with Gasteiger partial charge in [-0.15, -0.1) is 0 Å². The highest BCUT2D eigenvalue weighted by molar-refractivity contribution is 9.10. The van der Waals surface area contributed by atoms with Crippen molar-refractivity contribution in [3.05, 3.63) is 34.3 Å². The summed E-state index contributed by atoms with van der Waals surface area (Å²) >= 11 is 3.59. The van der Waals surface area contributed by atoms with Crippen LogP contribution in [0.25, 0.3) is 5.57 Å². The highest BCUT2D eigenvalue weighted by Crippen LogP contribution is 2.30. The van der Waals surface area contributed by atoms with Gasteiger partial charge in [0.05, 0.1) is 0 Å². The lowest BCUT2D eigenvalue weighted by atomic mass is 10.00. The first-order valence-corrected chi connectivity index (χ1v) is 7.30. The molecule has 0 aliphatic carbocycles. The standard InChI is InChI=1S/C15H21BrN2/c1-10(2)14-8-12(16)9-15(11(14)3)18-13-4-6-17-7-5-13/h8-9,13,17-18H,1,4-7H2,2-3H3. The summed E-state index contributed by atoms with van der Waals surface area (Å²) in [5.41, 5.74) is 4.88. The number of nitrogens with one attached hydrogen (secondary N) is 2. The maximum Gasteiger partial charge on any atom is 0.0389 e. The molecule has 3 heteroatoms. The van der Waals surface area contributed by atoms with Crippen molar-refractivity contribution >= 4 is 27.2 Å². The number of hydrogen-bond donors (Lipinski definition) is 2. The highest BCUT2D eigenvalue weighted by atomic mass is 79.9. The Labute approximate surface area is 118 Å². The van der Waals surface area contributed by atoms with Crippen molar-refractivity contribution < 1.29 is 0 Å². The van der Waals surface area contributed by atoms with Crippen molar-refractivity contribution in [1.29, 1.82) is 0 Å². The molecule has 1 saturated heterocycles. The first-order valence-electron chi connectivity index (χ1n) is 6.51. The maximum atomic E-state index is 4.06. The Bertz CT molecular complexity index is 448. The van der Waals surface area contributed by atoms with Crippen molar-refractivity contribution in [1.82, 2.24) is 5.32 Å². The smallest absolute Gasteiger partial charge is 0.0389 e. The summed E-state index contributed by atoms with van der Waals surface area (Å²) in [6.45, 7) is 10.5. The van der Waals surface area contributed by atoms with E-state index in [4.69, 9.17) is 0 Å². The first kappa shape index (κ1) is 13.6. The molecule has 0 saturated carbocycles. The third kappa shape index (κ3) is 3.15. The molecular formula is C15H21BrN2. The van der Waals surface area contributed by atoms with Crippen LogP contribution in [0.2, 0.25) is 0 Å². The molecule has 98 valence electrons. The van der Waals surface area contributed by atoms with E-state index in [-0.39, 0.29) is 0 Å². The molecule has 2 rings (SSSR count). The molecular weight excluding hydrogens is 288 g/mol. The van der Waals surface area contributed by atoms with Crippen LogP contribution in [0.3, 0.4) is 0 Å². The van der Waals surface area contributed by atoms with E-state index in [0.717, 1.165) is 23.1 Å². The maximum absolute atomic E-state index is 4.06. The van der Waals surface area contributed by atoms with E-state index < -0.39 is 0 Å². The van der Waals surface area contributed by atoms with Gasteiger partial charge in [-0.2, -0.15) is 0 Å². The van der Waals surface area contributed by atoms with Gasteiger partial charge < -0.3 is 10.6 Å². The van der Waals surface area contributed by atoms with Crippen LogP contribution in [0.1, 0.15) is 30.9 Å². The van der Waals surface area contributed by atoms with E-state index in [2.05, 4.69) is 59.1 Å². The molecule has 0 radical (unpaired) electrons. The average Bonchev–Trinajstić information content (AvgIpc) is 2.34. The van der Waals surface area contributed by atoms with E-state index >= 15 is 0 Å². The van der Waals surface area contributed by atoms with Gasteiger partial charge in [-0.05, 0) is 63.0 Å². The molecule has 1 aromatic rings. The van der Waals surface area contributed by atoms with Crippen molar-refractivity contribution in [3.63, 3.8) is 0 Å². The second-order valence-electron chi connectivity index (χ2n) is 5.07. The summed E-state index contributed by atoms with van der Waals surface area (Å²) in [7, 11) is 0. The van der Waals surface area contributed by atoms with E-state index in [9.17, 15) is 0 Å². The summed E-state index contributed by atoms with van der Waals surface area (Å²) in [6, 6.07) is 4.90. The van der Waals surface area contributed by atoms with Crippen LogP contribution in [-0.4, -0.2) is 19.1 Å². The third-order valence-electron chi connectivity index (χ3n) is 3.53. The fraction of sp³-hybridized carbons (Fsp3) is 0.467. The van der Waals surface area contributed by atoms with Crippen molar-refractivity contribution in [2.75, 3.05) is 18.4 Å². The van der Waals surface area contributed by atoms with Crippen LogP contribution in [0, 0.1) is 6.92 Å². The number of piperidine rings is 1. The quantitative estimate of drug-likeness (QED) is 0.883. The fourth-order valence-electron chi connectivity index (χ4n) is 2.46. The number of benzene rings is 1. The van der Waals surface area contributed by atoms with Crippen LogP contribution in [0.4, 0.5) is 5.69 Å². The number of allylic oxidation sites excluding steroid dienone is 1. The zero-order chi connectivity index (χ0) is 13.1. The van der Waals surface area contributed by atoms with Gasteiger partial charge in [0.15, 0.2) is 0 Å². The van der Waals surface area contributed by atoms with Crippen LogP contribution in [-0.2, 0) is 0 Å². The minimum Gasteiger partial charge on any atom is -0.382 e. The van der Waals surface area contributed by atoms with Gasteiger partial charge in [-0.1, -0.05) is 28.1 Å². The van der Waals surface area contributed by atoms with Crippen molar-refractivity contribution in [2.45, 2.75) is 32.7 Å². The number of rotatable bonds is 3. The second kappa shape index (κ2) is 5.89. The number of hydrogen-bond acceptors (Lipinski definition) is 2. The Hall–Kier alpha value is -0.800. The predicted octanol–water partition coefficient (Wildman–Crippen LogP) is 3.95. The summed E-state index contributed by atoms with van der Waals surface area (Å²) in [5, 5.41) is 7.07. The van der Waals surface area contributed by atoms with Gasteiger partial charge >= 0.3 is 0 Å². The van der Waals surface area contributed by atoms with Crippen LogP contribution < -0.4 is 10.6 Å². The first-order chi connectivity index (χ1) is 8.58. The Morgan fingerprint density at radius 1 is 1.39 bits per heavy atom. The zero-order valence-electron chi connectivity index (χ0n) is 11.1. The lowest BCUT2D eigenvalue weighted by molar-refractivity contribution is 0.479. The van der Waals surface area contributed by atoms with Gasteiger partial charge in [0.2, 0.25) is 0 Å². The predicted molar refractivity (Wildman–Crippen MR) is 83.1 cm³/mol. The minimum absolute atomic E-state index is 0.581. The van der Waals surface area contributed by atoms with E-state index in [1.54, 1.807) is 0 Å². The summed E-state index contributed by atoms with van der Waals surface area (Å²) in [5.74, 6) is 0. The highest BCUT2D eigenvalue weighted by Gasteiger charge is 2.15. The zero-order valence-corrected chi connectivity index (χ0v) is 12.7. The number of halogens is 1. The van der Waals surface area contributed by atoms with E-state index in [1.807, 2.05) is 0 Å². The van der Waals surface area contributed by atoms with Gasteiger partial charge in [-0.3, -0.25) is 0 Å². The summed E-state index contributed by atoms with van der Waals surface area (Å²) in [4.78, 5) is 0. The minimum atomic E-state index is 0.581. The Morgan fingerprint density at radius 2 is 2.06 bits per heavy atom. The Balaban J connectivity index is 2.23. The molecule has 1 aliphatic rings. The molecule has 0 bridgehead atoms. The van der Waals surface area contributed by atoms with E-state index in [0.29, 0.717) is 6.04 Å². The SMILES string of the molecule is C=C(C)c1cc(Br)cc(NC2CCNCC2)c1C. The molecule has 2 N–H and O–H groups in total. The van der Waals surface area contributed by atoms with Gasteiger partial charge in [0.1, 0.15) is 0 Å². The largest absolute Gasteiger partial charge is 0.382 e. The molecule has 1 fully saturated rings. The van der Waals surface area contributed by atoms with Gasteiger partial charge in [-0.25, -0.2) is 0 Å². The van der Waals surface area contributed by atoms with Gasteiger partial charge in [0.25, 0.3) is 0 Å². The molecule has 0 amide bonds. The molecule has 1 heterocycles. The molecule has 1 aliphatic heterocycles. The number of anilines is 1. The molecule has 0 atom stereocenters. The van der Waals surface area contributed by atoms with Gasteiger partial charge in [0, 0.05) is 16.2 Å². The summed E-state index contributed by atoms with van der Waals surface area (Å²) in [6.07, 6.45) is 2.38. The second-order valence-corrected chi connectivity index (χ2v) is 5.99.